The van der Waals surface area contributed by atoms with Crippen molar-refractivity contribution in [1.29, 1.82) is 0 Å². The predicted octanol–water partition coefficient (Wildman–Crippen LogP) is 5.43. The highest BCUT2D eigenvalue weighted by molar-refractivity contribution is 5.86. The second-order valence-corrected chi connectivity index (χ2v) is 7.49. The lowest BCUT2D eigenvalue weighted by Gasteiger charge is -2.29. The highest BCUT2D eigenvalue weighted by atomic mass is 16.4. The summed E-state index contributed by atoms with van der Waals surface area (Å²) in [5.74, 6) is -0.893. The standard InChI is InChI=1S/C27H32N2O2/c1-6-18-28(19-7-2)24-14-10-22(11-15-24)27(5,26(30)31)23-12-16-25(17-13-23)29(20-8-3)21-9-4/h6-17H,1-4,18-21H2,5H3,(H,30,31). The molecule has 162 valence electrons. The molecule has 0 saturated carbocycles. The van der Waals surface area contributed by atoms with Gasteiger partial charge in [0.1, 0.15) is 5.41 Å². The van der Waals surface area contributed by atoms with Crippen molar-refractivity contribution in [2.24, 2.45) is 0 Å². The zero-order chi connectivity index (χ0) is 22.9. The number of aliphatic carboxylic acids is 1. The van der Waals surface area contributed by atoms with E-state index in [4.69, 9.17) is 0 Å². The maximum absolute atomic E-state index is 12.4. The minimum absolute atomic E-state index is 0.689. The number of anilines is 2. The molecule has 2 rings (SSSR count). The van der Waals surface area contributed by atoms with Crippen LogP contribution in [0, 0.1) is 0 Å². The van der Waals surface area contributed by atoms with E-state index in [1.165, 1.54) is 0 Å². The summed E-state index contributed by atoms with van der Waals surface area (Å²) in [5.41, 5.74) is 2.28. The van der Waals surface area contributed by atoms with Crippen LogP contribution in [0.3, 0.4) is 0 Å². The van der Waals surface area contributed by atoms with Gasteiger partial charge in [-0.2, -0.15) is 0 Å². The van der Waals surface area contributed by atoms with E-state index >= 15 is 0 Å². The van der Waals surface area contributed by atoms with Crippen LogP contribution < -0.4 is 9.80 Å². The Morgan fingerprint density at radius 1 is 0.742 bits per heavy atom. The Labute approximate surface area is 186 Å². The van der Waals surface area contributed by atoms with Crippen LogP contribution >= 0.6 is 0 Å². The first-order valence-corrected chi connectivity index (χ1v) is 10.3. The Balaban J connectivity index is 2.40. The van der Waals surface area contributed by atoms with Crippen molar-refractivity contribution in [2.45, 2.75) is 12.3 Å². The van der Waals surface area contributed by atoms with Crippen molar-refractivity contribution in [2.75, 3.05) is 36.0 Å². The number of carboxylic acid groups (broad SMARTS) is 1. The number of benzene rings is 2. The first-order chi connectivity index (χ1) is 14.9. The van der Waals surface area contributed by atoms with Crippen molar-refractivity contribution in [3.63, 3.8) is 0 Å². The summed E-state index contributed by atoms with van der Waals surface area (Å²) in [7, 11) is 0. The van der Waals surface area contributed by atoms with Crippen molar-refractivity contribution >= 4 is 17.3 Å². The molecule has 4 nitrogen and oxygen atoms in total. The maximum atomic E-state index is 12.4. The fraction of sp³-hybridized carbons (Fsp3) is 0.222. The van der Waals surface area contributed by atoms with Gasteiger partial charge in [0.2, 0.25) is 0 Å². The van der Waals surface area contributed by atoms with Crippen LogP contribution in [0.1, 0.15) is 18.1 Å². The summed E-state index contributed by atoms with van der Waals surface area (Å²) < 4.78 is 0. The largest absolute Gasteiger partial charge is 0.480 e. The third-order valence-corrected chi connectivity index (χ3v) is 5.45. The molecule has 0 bridgehead atoms. The zero-order valence-electron chi connectivity index (χ0n) is 18.3. The van der Waals surface area contributed by atoms with E-state index in [0.717, 1.165) is 22.5 Å². The van der Waals surface area contributed by atoms with Crippen LogP contribution in [0.25, 0.3) is 0 Å². The predicted molar refractivity (Wildman–Crippen MR) is 132 cm³/mol. The van der Waals surface area contributed by atoms with Crippen molar-refractivity contribution in [3.8, 4) is 0 Å². The minimum Gasteiger partial charge on any atom is -0.480 e. The quantitative estimate of drug-likeness (QED) is 0.442. The average molecular weight is 417 g/mol. The SMILES string of the molecule is C=CCN(CC=C)c1ccc(C(C)(C(=O)O)c2ccc(N(CC=C)CC=C)cc2)cc1. The molecule has 0 heterocycles. The van der Waals surface area contributed by atoms with E-state index in [2.05, 4.69) is 36.1 Å². The molecule has 0 unspecified atom stereocenters. The van der Waals surface area contributed by atoms with Gasteiger partial charge in [-0.25, -0.2) is 0 Å². The van der Waals surface area contributed by atoms with Gasteiger partial charge in [0.15, 0.2) is 0 Å². The number of rotatable bonds is 13. The summed E-state index contributed by atoms with van der Waals surface area (Å²) in [6.45, 7) is 19.7. The monoisotopic (exact) mass is 416 g/mol. The fourth-order valence-corrected chi connectivity index (χ4v) is 3.62. The van der Waals surface area contributed by atoms with Crippen molar-refractivity contribution < 1.29 is 9.90 Å². The van der Waals surface area contributed by atoms with E-state index in [-0.39, 0.29) is 0 Å². The lowest BCUT2D eigenvalue weighted by molar-refractivity contribution is -0.141. The fourth-order valence-electron chi connectivity index (χ4n) is 3.62. The van der Waals surface area contributed by atoms with E-state index < -0.39 is 11.4 Å². The topological polar surface area (TPSA) is 43.8 Å². The molecule has 2 aromatic rings. The van der Waals surface area contributed by atoms with Gasteiger partial charge < -0.3 is 14.9 Å². The lowest BCUT2D eigenvalue weighted by atomic mass is 9.76. The minimum atomic E-state index is -1.17. The van der Waals surface area contributed by atoms with Gasteiger partial charge in [-0.15, -0.1) is 26.3 Å². The number of carboxylic acids is 1. The van der Waals surface area contributed by atoms with Gasteiger partial charge in [0, 0.05) is 37.6 Å². The summed E-state index contributed by atoms with van der Waals surface area (Å²) in [5, 5.41) is 10.2. The van der Waals surface area contributed by atoms with Crippen LogP contribution in [0.2, 0.25) is 0 Å². The molecule has 31 heavy (non-hydrogen) atoms. The van der Waals surface area contributed by atoms with Crippen molar-refractivity contribution in [1.82, 2.24) is 0 Å². The highest BCUT2D eigenvalue weighted by Gasteiger charge is 2.37. The molecule has 0 radical (unpaired) electrons. The summed E-state index contributed by atoms with van der Waals surface area (Å²) in [6.07, 6.45) is 7.34. The smallest absolute Gasteiger partial charge is 0.318 e. The Morgan fingerprint density at radius 3 is 1.26 bits per heavy atom. The maximum Gasteiger partial charge on any atom is 0.318 e. The average Bonchev–Trinajstić information content (AvgIpc) is 2.78. The molecule has 0 atom stereocenters. The van der Waals surface area contributed by atoms with Gasteiger partial charge in [-0.1, -0.05) is 48.6 Å². The second-order valence-electron chi connectivity index (χ2n) is 7.49. The van der Waals surface area contributed by atoms with Gasteiger partial charge in [0.05, 0.1) is 0 Å². The first-order valence-electron chi connectivity index (χ1n) is 10.3. The molecular weight excluding hydrogens is 384 g/mol. The van der Waals surface area contributed by atoms with E-state index in [1.807, 2.05) is 72.8 Å². The molecule has 0 spiro atoms. The Morgan fingerprint density at radius 2 is 1.03 bits per heavy atom. The number of carbonyl (C=O) groups is 1. The normalized spacial score (nSPS) is 10.7. The number of hydrogen-bond donors (Lipinski definition) is 1. The Kier molecular flexibility index (Phi) is 8.44. The third-order valence-electron chi connectivity index (χ3n) is 5.45. The molecule has 2 aromatic carbocycles. The number of hydrogen-bond acceptors (Lipinski definition) is 3. The molecule has 0 aliphatic heterocycles. The molecular formula is C27H32N2O2. The second kappa shape index (κ2) is 11.0. The molecule has 0 aromatic heterocycles. The molecule has 1 N–H and O–H groups in total. The van der Waals surface area contributed by atoms with E-state index in [0.29, 0.717) is 26.2 Å². The molecule has 0 fully saturated rings. The zero-order valence-corrected chi connectivity index (χ0v) is 18.3. The summed E-state index contributed by atoms with van der Waals surface area (Å²) in [6, 6.07) is 15.4. The van der Waals surface area contributed by atoms with Crippen LogP contribution in [0.15, 0.2) is 99.2 Å². The molecule has 0 saturated heterocycles. The number of nitrogens with zero attached hydrogens (tertiary/aromatic N) is 2. The van der Waals surface area contributed by atoms with Crippen LogP contribution in [-0.4, -0.2) is 37.3 Å². The molecule has 4 heteroatoms. The van der Waals surface area contributed by atoms with Gasteiger partial charge >= 0.3 is 5.97 Å². The molecule has 0 aliphatic carbocycles. The van der Waals surface area contributed by atoms with Gasteiger partial charge in [0.25, 0.3) is 0 Å². The van der Waals surface area contributed by atoms with Crippen LogP contribution in [0.4, 0.5) is 11.4 Å². The van der Waals surface area contributed by atoms with Crippen molar-refractivity contribution in [3.05, 3.63) is 110 Å². The molecule has 0 aliphatic rings. The van der Waals surface area contributed by atoms with Gasteiger partial charge in [-0.3, -0.25) is 4.79 Å². The van der Waals surface area contributed by atoms with Gasteiger partial charge in [-0.05, 0) is 42.3 Å². The Bertz CT molecular complexity index is 826. The highest BCUT2D eigenvalue weighted by Crippen LogP contribution is 2.34. The van der Waals surface area contributed by atoms with E-state index in [1.54, 1.807) is 6.92 Å². The van der Waals surface area contributed by atoms with E-state index in [9.17, 15) is 9.90 Å². The first kappa shape index (κ1) is 23.7. The summed E-state index contributed by atoms with van der Waals surface area (Å²) >= 11 is 0. The third kappa shape index (κ3) is 5.34. The molecule has 0 amide bonds. The summed E-state index contributed by atoms with van der Waals surface area (Å²) in [4.78, 5) is 16.6. The lowest BCUT2D eigenvalue weighted by Crippen LogP contribution is -2.34. The van der Waals surface area contributed by atoms with Crippen LogP contribution in [-0.2, 0) is 10.2 Å². The Hall–Kier alpha value is -3.53. The van der Waals surface area contributed by atoms with Crippen LogP contribution in [0.5, 0.6) is 0 Å².